The third-order valence-electron chi connectivity index (χ3n) is 10.1. The number of carbonyl (C=O) groups is 1. The molecule has 1 atom stereocenters. The summed E-state index contributed by atoms with van der Waals surface area (Å²) in [7, 11) is -3.92. The molecule has 1 aliphatic carbocycles. The average Bonchev–Trinajstić information content (AvgIpc) is 3.61. The third kappa shape index (κ3) is 7.32. The summed E-state index contributed by atoms with van der Waals surface area (Å²) in [5, 5.41) is 5.01. The lowest BCUT2D eigenvalue weighted by atomic mass is 9.72. The number of hydrogen-bond acceptors (Lipinski definition) is 4. The Kier molecular flexibility index (Phi) is 9.41. The van der Waals surface area contributed by atoms with Gasteiger partial charge in [-0.2, -0.15) is 0 Å². The van der Waals surface area contributed by atoms with Crippen LogP contribution in [0.25, 0.3) is 10.8 Å². The Labute approximate surface area is 268 Å². The van der Waals surface area contributed by atoms with Gasteiger partial charge in [-0.05, 0) is 105 Å². The van der Waals surface area contributed by atoms with Crippen LogP contribution in [-0.4, -0.2) is 44.4 Å². The van der Waals surface area contributed by atoms with E-state index in [4.69, 9.17) is 0 Å². The zero-order valence-corrected chi connectivity index (χ0v) is 27.1. The molecule has 2 aliphatic rings. The van der Waals surface area contributed by atoms with Crippen LogP contribution in [0.5, 0.6) is 0 Å². The predicted octanol–water partition coefficient (Wildman–Crippen LogP) is 6.81. The summed E-state index contributed by atoms with van der Waals surface area (Å²) >= 11 is 0. The molecule has 1 amide bonds. The fraction of sp³-hybridized carbons (Fsp3) is 0.395. The lowest BCUT2D eigenvalue weighted by molar-refractivity contribution is -0.122. The monoisotopic (exact) mass is 623 g/mol. The van der Waals surface area contributed by atoms with Crippen molar-refractivity contribution in [3.05, 3.63) is 114 Å². The van der Waals surface area contributed by atoms with Crippen LogP contribution in [0.3, 0.4) is 0 Å². The zero-order valence-electron chi connectivity index (χ0n) is 26.3. The molecule has 1 saturated heterocycles. The van der Waals surface area contributed by atoms with Crippen LogP contribution in [0, 0.1) is 5.92 Å². The summed E-state index contributed by atoms with van der Waals surface area (Å²) in [5.41, 5.74) is 1.23. The van der Waals surface area contributed by atoms with E-state index in [-0.39, 0.29) is 22.8 Å². The fourth-order valence-corrected chi connectivity index (χ4v) is 8.96. The topological polar surface area (TPSA) is 78.5 Å². The molecule has 0 spiro atoms. The van der Waals surface area contributed by atoms with Gasteiger partial charge in [0.1, 0.15) is 0 Å². The standard InChI is InChI=1S/C38H45N3O3S/c1-37(34-16-6-3-7-17-34,40-45(43,44)35-19-18-32-14-8-9-15-33(32)26-35)28-36(42)39-29-31-20-22-38(23-21-31,41-24-10-11-25-41)27-30-12-4-2-5-13-30/h2-9,12-19,26,31,40H,10-11,20-25,27-29H2,1H3,(H,39,42). The van der Waals surface area contributed by atoms with Crippen molar-refractivity contribution in [2.75, 3.05) is 19.6 Å². The second-order valence-corrected chi connectivity index (χ2v) is 15.0. The highest BCUT2D eigenvalue weighted by molar-refractivity contribution is 7.89. The number of hydrogen-bond donors (Lipinski definition) is 2. The zero-order chi connectivity index (χ0) is 31.3. The van der Waals surface area contributed by atoms with E-state index in [9.17, 15) is 13.2 Å². The molecular weight excluding hydrogens is 579 g/mol. The number of benzene rings is 4. The molecule has 1 saturated carbocycles. The molecule has 0 aromatic heterocycles. The molecule has 6 rings (SSSR count). The summed E-state index contributed by atoms with van der Waals surface area (Å²) in [6.45, 7) is 4.78. The van der Waals surface area contributed by atoms with Crippen LogP contribution in [0.1, 0.15) is 63.0 Å². The summed E-state index contributed by atoms with van der Waals surface area (Å²) in [5.74, 6) is 0.265. The van der Waals surface area contributed by atoms with Gasteiger partial charge >= 0.3 is 0 Å². The molecule has 1 aliphatic heterocycles. The van der Waals surface area contributed by atoms with Crippen molar-refractivity contribution in [1.29, 1.82) is 0 Å². The Hall–Kier alpha value is -3.52. The molecular formula is C38H45N3O3S. The number of nitrogens with one attached hydrogen (secondary N) is 2. The molecule has 1 heterocycles. The summed E-state index contributed by atoms with van der Waals surface area (Å²) in [4.78, 5) is 16.4. The van der Waals surface area contributed by atoms with Crippen LogP contribution in [-0.2, 0) is 26.8 Å². The predicted molar refractivity (Wildman–Crippen MR) is 181 cm³/mol. The lowest BCUT2D eigenvalue weighted by Crippen LogP contribution is -2.52. The normalized spacial score (nSPS) is 22.2. The summed E-state index contributed by atoms with van der Waals surface area (Å²) in [6, 6.07) is 33.1. The van der Waals surface area contributed by atoms with Crippen molar-refractivity contribution in [1.82, 2.24) is 14.9 Å². The van der Waals surface area contributed by atoms with Crippen LogP contribution < -0.4 is 10.0 Å². The molecule has 236 valence electrons. The average molecular weight is 624 g/mol. The second-order valence-electron chi connectivity index (χ2n) is 13.3. The molecule has 2 fully saturated rings. The minimum absolute atomic E-state index is 0.00225. The van der Waals surface area contributed by atoms with Gasteiger partial charge in [0.15, 0.2) is 0 Å². The van der Waals surface area contributed by atoms with Crippen molar-refractivity contribution in [3.8, 4) is 0 Å². The maximum absolute atomic E-state index is 13.7. The SMILES string of the molecule is CC(CC(=O)NCC1CCC(Cc2ccccc2)(N2CCCC2)CC1)(NS(=O)(=O)c1ccc2ccccc2c1)c1ccccc1. The lowest BCUT2D eigenvalue weighted by Gasteiger charge is -2.47. The van der Waals surface area contributed by atoms with Crippen molar-refractivity contribution in [2.24, 2.45) is 5.92 Å². The summed E-state index contributed by atoms with van der Waals surface area (Å²) in [6.07, 6.45) is 8.07. The Balaban J connectivity index is 1.11. The van der Waals surface area contributed by atoms with Gasteiger partial charge in [0.05, 0.1) is 10.4 Å². The highest BCUT2D eigenvalue weighted by Crippen LogP contribution is 2.40. The number of fused-ring (bicyclic) bond motifs is 1. The van der Waals surface area contributed by atoms with E-state index in [1.165, 1.54) is 31.5 Å². The largest absolute Gasteiger partial charge is 0.356 e. The summed E-state index contributed by atoms with van der Waals surface area (Å²) < 4.78 is 30.3. The molecule has 45 heavy (non-hydrogen) atoms. The minimum atomic E-state index is -3.92. The fourth-order valence-electron chi connectivity index (χ4n) is 7.53. The van der Waals surface area contributed by atoms with Crippen molar-refractivity contribution in [2.45, 2.75) is 74.3 Å². The number of carbonyl (C=O) groups excluding carboxylic acids is 1. The second kappa shape index (κ2) is 13.5. The number of amides is 1. The van der Waals surface area contributed by atoms with Crippen LogP contribution in [0.4, 0.5) is 0 Å². The number of likely N-dealkylation sites (tertiary alicyclic amines) is 1. The van der Waals surface area contributed by atoms with Gasteiger partial charge in [0, 0.05) is 18.5 Å². The smallest absolute Gasteiger partial charge is 0.241 e. The van der Waals surface area contributed by atoms with Gasteiger partial charge in [-0.25, -0.2) is 13.1 Å². The van der Waals surface area contributed by atoms with Crippen molar-refractivity contribution in [3.63, 3.8) is 0 Å². The van der Waals surface area contributed by atoms with E-state index < -0.39 is 15.6 Å². The van der Waals surface area contributed by atoms with Gasteiger partial charge in [-0.3, -0.25) is 9.69 Å². The van der Waals surface area contributed by atoms with Crippen LogP contribution in [0.2, 0.25) is 0 Å². The number of nitrogens with zero attached hydrogens (tertiary/aromatic N) is 1. The van der Waals surface area contributed by atoms with Gasteiger partial charge in [0.2, 0.25) is 15.9 Å². The van der Waals surface area contributed by atoms with E-state index >= 15 is 0 Å². The van der Waals surface area contributed by atoms with E-state index in [1.54, 1.807) is 19.1 Å². The first-order chi connectivity index (χ1) is 21.7. The van der Waals surface area contributed by atoms with E-state index in [0.29, 0.717) is 12.5 Å². The Morgan fingerprint density at radius 3 is 2.16 bits per heavy atom. The molecule has 2 N–H and O–H groups in total. The third-order valence-corrected chi connectivity index (χ3v) is 11.7. The molecule has 4 aromatic carbocycles. The van der Waals surface area contributed by atoms with Crippen LogP contribution in [0.15, 0.2) is 108 Å². The van der Waals surface area contributed by atoms with Gasteiger partial charge in [-0.15, -0.1) is 0 Å². The van der Waals surface area contributed by atoms with E-state index in [0.717, 1.165) is 48.4 Å². The number of rotatable bonds is 11. The molecule has 6 nitrogen and oxygen atoms in total. The minimum Gasteiger partial charge on any atom is -0.356 e. The maximum atomic E-state index is 13.7. The Morgan fingerprint density at radius 2 is 1.47 bits per heavy atom. The Bertz CT molecular complexity index is 1700. The molecule has 0 radical (unpaired) electrons. The quantitative estimate of drug-likeness (QED) is 0.193. The van der Waals surface area contributed by atoms with Gasteiger partial charge < -0.3 is 5.32 Å². The Morgan fingerprint density at radius 1 is 0.844 bits per heavy atom. The van der Waals surface area contributed by atoms with Gasteiger partial charge in [-0.1, -0.05) is 91.0 Å². The molecule has 7 heteroatoms. The first-order valence-corrected chi connectivity index (χ1v) is 17.9. The first-order valence-electron chi connectivity index (χ1n) is 16.4. The molecule has 4 aromatic rings. The first kappa shape index (κ1) is 31.5. The van der Waals surface area contributed by atoms with Crippen molar-refractivity contribution >= 4 is 26.7 Å². The molecule has 1 unspecified atom stereocenters. The van der Waals surface area contributed by atoms with Crippen molar-refractivity contribution < 1.29 is 13.2 Å². The highest BCUT2D eigenvalue weighted by Gasteiger charge is 2.41. The van der Waals surface area contributed by atoms with E-state index in [1.807, 2.05) is 60.7 Å². The van der Waals surface area contributed by atoms with Gasteiger partial charge in [0.25, 0.3) is 0 Å². The van der Waals surface area contributed by atoms with Crippen LogP contribution >= 0.6 is 0 Å². The van der Waals surface area contributed by atoms with E-state index in [2.05, 4.69) is 45.3 Å². The number of sulfonamides is 1. The highest BCUT2D eigenvalue weighted by atomic mass is 32.2. The maximum Gasteiger partial charge on any atom is 0.241 e. The molecule has 0 bridgehead atoms.